The molecule has 1 atom stereocenters. The van der Waals surface area contributed by atoms with Crippen molar-refractivity contribution in [1.82, 2.24) is 15.5 Å². The number of hydrogen-bond acceptors (Lipinski definition) is 3. The van der Waals surface area contributed by atoms with Gasteiger partial charge in [-0.2, -0.15) is 0 Å². The predicted octanol–water partition coefficient (Wildman–Crippen LogP) is 3.37. The summed E-state index contributed by atoms with van der Waals surface area (Å²) in [4.78, 5) is 6.63. The normalized spacial score (nSPS) is 19.2. The first-order valence-electron chi connectivity index (χ1n) is 9.30. The molecule has 0 bridgehead atoms. The molecule has 0 saturated carbocycles. The number of aliphatic imine (C=N–C) groups is 1. The minimum Gasteiger partial charge on any atom is -0.405 e. The SMILES string of the molecule is CN=C(NCc1ccccc1OC(F)(F)F)NCC1CCCN(C(C)C)C1. The highest BCUT2D eigenvalue weighted by atomic mass is 19.4. The van der Waals surface area contributed by atoms with E-state index in [1.54, 1.807) is 19.2 Å². The fourth-order valence-electron chi connectivity index (χ4n) is 3.25. The molecule has 0 radical (unpaired) electrons. The van der Waals surface area contributed by atoms with Crippen LogP contribution in [0.4, 0.5) is 13.2 Å². The van der Waals surface area contributed by atoms with Crippen molar-refractivity contribution >= 4 is 5.96 Å². The van der Waals surface area contributed by atoms with Gasteiger partial charge in [-0.3, -0.25) is 4.99 Å². The van der Waals surface area contributed by atoms with E-state index in [4.69, 9.17) is 0 Å². The highest BCUT2D eigenvalue weighted by Gasteiger charge is 2.32. The van der Waals surface area contributed by atoms with E-state index in [1.165, 1.54) is 18.6 Å². The standard InChI is InChI=1S/C19H29F3N4O/c1-14(2)26-10-6-7-15(13-26)11-24-18(23-3)25-12-16-8-4-5-9-17(16)27-19(20,21)22/h4-5,8-9,14-15H,6-7,10-13H2,1-3H3,(H2,23,24,25). The van der Waals surface area contributed by atoms with Gasteiger partial charge in [-0.05, 0) is 45.2 Å². The molecule has 0 aliphatic carbocycles. The molecule has 0 spiro atoms. The molecule has 1 aromatic rings. The minimum atomic E-state index is -4.71. The number of guanidine groups is 1. The van der Waals surface area contributed by atoms with E-state index < -0.39 is 6.36 Å². The second-order valence-electron chi connectivity index (χ2n) is 7.06. The van der Waals surface area contributed by atoms with Crippen LogP contribution in [0.5, 0.6) is 5.75 Å². The first-order chi connectivity index (χ1) is 12.8. The van der Waals surface area contributed by atoms with Crippen LogP contribution in [0.3, 0.4) is 0 Å². The summed E-state index contributed by atoms with van der Waals surface area (Å²) in [7, 11) is 1.65. The maximum Gasteiger partial charge on any atom is 0.573 e. The summed E-state index contributed by atoms with van der Waals surface area (Å²) in [5.41, 5.74) is 0.418. The van der Waals surface area contributed by atoms with E-state index in [0.717, 1.165) is 26.1 Å². The molecule has 1 aliphatic rings. The largest absolute Gasteiger partial charge is 0.573 e. The Bertz CT molecular complexity index is 619. The zero-order valence-corrected chi connectivity index (χ0v) is 16.1. The fourth-order valence-corrected chi connectivity index (χ4v) is 3.25. The summed E-state index contributed by atoms with van der Waals surface area (Å²) in [6.07, 6.45) is -2.37. The van der Waals surface area contributed by atoms with Gasteiger partial charge in [-0.1, -0.05) is 18.2 Å². The first-order valence-corrected chi connectivity index (χ1v) is 9.30. The van der Waals surface area contributed by atoms with Gasteiger partial charge in [-0.15, -0.1) is 13.2 Å². The van der Waals surface area contributed by atoms with E-state index >= 15 is 0 Å². The Morgan fingerprint density at radius 1 is 1.30 bits per heavy atom. The summed E-state index contributed by atoms with van der Waals surface area (Å²) in [6, 6.07) is 6.64. The molecule has 2 rings (SSSR count). The Morgan fingerprint density at radius 2 is 2.04 bits per heavy atom. The summed E-state index contributed by atoms with van der Waals surface area (Å²) in [5, 5.41) is 6.35. The van der Waals surface area contributed by atoms with Crippen molar-refractivity contribution in [2.24, 2.45) is 10.9 Å². The Hall–Kier alpha value is -1.96. The van der Waals surface area contributed by atoms with Gasteiger partial charge in [0, 0.05) is 38.3 Å². The van der Waals surface area contributed by atoms with Gasteiger partial charge in [-0.25, -0.2) is 0 Å². The van der Waals surface area contributed by atoms with Crippen molar-refractivity contribution in [3.05, 3.63) is 29.8 Å². The molecule has 0 aromatic heterocycles. The van der Waals surface area contributed by atoms with E-state index in [0.29, 0.717) is 23.5 Å². The molecule has 27 heavy (non-hydrogen) atoms. The van der Waals surface area contributed by atoms with Crippen LogP contribution in [0, 0.1) is 5.92 Å². The van der Waals surface area contributed by atoms with Crippen LogP contribution in [0.15, 0.2) is 29.3 Å². The highest BCUT2D eigenvalue weighted by molar-refractivity contribution is 5.79. The molecular formula is C19H29F3N4O. The van der Waals surface area contributed by atoms with E-state index in [-0.39, 0.29) is 12.3 Å². The molecule has 1 saturated heterocycles. The molecule has 0 amide bonds. The van der Waals surface area contributed by atoms with Crippen molar-refractivity contribution in [2.45, 2.75) is 45.6 Å². The van der Waals surface area contributed by atoms with Crippen LogP contribution < -0.4 is 15.4 Å². The third-order valence-corrected chi connectivity index (χ3v) is 4.71. The maximum atomic E-state index is 12.5. The average molecular weight is 386 g/mol. The number of ether oxygens (including phenoxy) is 1. The van der Waals surface area contributed by atoms with Gasteiger partial charge in [0.15, 0.2) is 5.96 Å². The Kier molecular flexibility index (Phi) is 7.77. The smallest absolute Gasteiger partial charge is 0.405 e. The average Bonchev–Trinajstić information content (AvgIpc) is 2.62. The van der Waals surface area contributed by atoms with E-state index in [9.17, 15) is 13.2 Å². The van der Waals surface area contributed by atoms with Crippen LogP contribution in [-0.4, -0.2) is 49.9 Å². The molecular weight excluding hydrogens is 357 g/mol. The van der Waals surface area contributed by atoms with Crippen molar-refractivity contribution in [3.8, 4) is 5.75 Å². The second-order valence-corrected chi connectivity index (χ2v) is 7.06. The molecule has 1 heterocycles. The molecule has 5 nitrogen and oxygen atoms in total. The van der Waals surface area contributed by atoms with Gasteiger partial charge >= 0.3 is 6.36 Å². The van der Waals surface area contributed by atoms with Crippen molar-refractivity contribution in [2.75, 3.05) is 26.7 Å². The number of likely N-dealkylation sites (tertiary alicyclic amines) is 1. The molecule has 1 aromatic carbocycles. The first kappa shape index (κ1) is 21.3. The number of nitrogens with one attached hydrogen (secondary N) is 2. The zero-order chi connectivity index (χ0) is 19.9. The molecule has 8 heteroatoms. The Balaban J connectivity index is 1.86. The lowest BCUT2D eigenvalue weighted by Crippen LogP contribution is -2.46. The third kappa shape index (κ3) is 7.28. The quantitative estimate of drug-likeness (QED) is 0.581. The Morgan fingerprint density at radius 3 is 2.70 bits per heavy atom. The number of rotatable bonds is 6. The lowest BCUT2D eigenvalue weighted by molar-refractivity contribution is -0.274. The number of nitrogens with zero attached hydrogens (tertiary/aromatic N) is 2. The topological polar surface area (TPSA) is 48.9 Å². The molecule has 2 N–H and O–H groups in total. The molecule has 152 valence electrons. The van der Waals surface area contributed by atoms with Gasteiger partial charge in [0.25, 0.3) is 0 Å². The maximum absolute atomic E-state index is 12.5. The van der Waals surface area contributed by atoms with Crippen molar-refractivity contribution < 1.29 is 17.9 Å². The summed E-state index contributed by atoms with van der Waals surface area (Å²) < 4.78 is 41.6. The van der Waals surface area contributed by atoms with Gasteiger partial charge in [0.1, 0.15) is 5.75 Å². The predicted molar refractivity (Wildman–Crippen MR) is 101 cm³/mol. The van der Waals surface area contributed by atoms with E-state index in [1.807, 2.05) is 0 Å². The molecule has 1 aliphatic heterocycles. The van der Waals surface area contributed by atoms with Gasteiger partial charge in [0.2, 0.25) is 0 Å². The van der Waals surface area contributed by atoms with Crippen LogP contribution >= 0.6 is 0 Å². The van der Waals surface area contributed by atoms with Crippen molar-refractivity contribution in [3.63, 3.8) is 0 Å². The minimum absolute atomic E-state index is 0.189. The summed E-state index contributed by atoms with van der Waals surface area (Å²) in [6.45, 7) is 7.56. The third-order valence-electron chi connectivity index (χ3n) is 4.71. The zero-order valence-electron chi connectivity index (χ0n) is 16.1. The number of piperidine rings is 1. The number of hydrogen-bond donors (Lipinski definition) is 2. The monoisotopic (exact) mass is 386 g/mol. The lowest BCUT2D eigenvalue weighted by Gasteiger charge is -2.35. The molecule has 1 unspecified atom stereocenters. The lowest BCUT2D eigenvalue weighted by atomic mass is 9.97. The second kappa shape index (κ2) is 9.82. The van der Waals surface area contributed by atoms with Crippen LogP contribution in [0.1, 0.15) is 32.3 Å². The molecule has 1 fully saturated rings. The number of alkyl halides is 3. The summed E-state index contributed by atoms with van der Waals surface area (Å²) >= 11 is 0. The number of para-hydroxylation sites is 1. The highest BCUT2D eigenvalue weighted by Crippen LogP contribution is 2.26. The van der Waals surface area contributed by atoms with Gasteiger partial charge in [0.05, 0.1) is 0 Å². The number of halogens is 3. The summed E-state index contributed by atoms with van der Waals surface area (Å²) in [5.74, 6) is 0.895. The Labute approximate surface area is 159 Å². The van der Waals surface area contributed by atoms with Gasteiger partial charge < -0.3 is 20.3 Å². The van der Waals surface area contributed by atoms with Crippen LogP contribution in [0.2, 0.25) is 0 Å². The number of benzene rings is 1. The fraction of sp³-hybridized carbons (Fsp3) is 0.632. The van der Waals surface area contributed by atoms with E-state index in [2.05, 4.69) is 39.1 Å². The van der Waals surface area contributed by atoms with Crippen LogP contribution in [-0.2, 0) is 6.54 Å². The van der Waals surface area contributed by atoms with Crippen LogP contribution in [0.25, 0.3) is 0 Å². The van der Waals surface area contributed by atoms with Crippen molar-refractivity contribution in [1.29, 1.82) is 0 Å².